The van der Waals surface area contributed by atoms with E-state index in [4.69, 9.17) is 16.3 Å². The molecule has 5 heteroatoms. The molecule has 1 aromatic carbocycles. The molecule has 1 amide bonds. The van der Waals surface area contributed by atoms with Crippen LogP contribution in [0.1, 0.15) is 19.3 Å². The second kappa shape index (κ2) is 6.73. The highest BCUT2D eigenvalue weighted by Crippen LogP contribution is 2.29. The van der Waals surface area contributed by atoms with E-state index in [1.807, 2.05) is 12.1 Å². The average molecular weight is 347 g/mol. The van der Waals surface area contributed by atoms with Crippen molar-refractivity contribution in [1.82, 2.24) is 0 Å². The number of anilines is 1. The lowest BCUT2D eigenvalue weighted by atomic mass is 9.98. The van der Waals surface area contributed by atoms with Gasteiger partial charge in [0.25, 0.3) is 0 Å². The van der Waals surface area contributed by atoms with E-state index in [0.717, 1.165) is 29.6 Å². The molecule has 1 fully saturated rings. The summed E-state index contributed by atoms with van der Waals surface area (Å²) >= 11 is 9.52. The maximum absolute atomic E-state index is 12.2. The molecule has 104 valence electrons. The number of amides is 1. The van der Waals surface area contributed by atoms with Crippen LogP contribution in [-0.2, 0) is 9.53 Å². The highest BCUT2D eigenvalue weighted by atomic mass is 79.9. The minimum Gasteiger partial charge on any atom is -0.381 e. The minimum atomic E-state index is 0.0831. The van der Waals surface area contributed by atoms with Crippen molar-refractivity contribution in [3.63, 3.8) is 0 Å². The lowest BCUT2D eigenvalue weighted by molar-refractivity contribution is -0.120. The number of halogens is 2. The molecule has 0 unspecified atom stereocenters. The summed E-state index contributed by atoms with van der Waals surface area (Å²) in [4.78, 5) is 13.9. The Morgan fingerprint density at radius 1 is 1.58 bits per heavy atom. The molecule has 3 nitrogen and oxygen atoms in total. The molecule has 1 atom stereocenters. The second-order valence-electron chi connectivity index (χ2n) is 4.84. The number of hydrogen-bond donors (Lipinski definition) is 0. The summed E-state index contributed by atoms with van der Waals surface area (Å²) in [5.41, 5.74) is 0.742. The van der Waals surface area contributed by atoms with Gasteiger partial charge in [-0.15, -0.1) is 0 Å². The molecule has 1 heterocycles. The molecule has 0 spiro atoms. The van der Waals surface area contributed by atoms with Crippen LogP contribution in [0.2, 0.25) is 5.02 Å². The van der Waals surface area contributed by atoms with E-state index in [0.29, 0.717) is 24.0 Å². The van der Waals surface area contributed by atoms with Crippen molar-refractivity contribution in [1.29, 1.82) is 0 Å². The van der Waals surface area contributed by atoms with Crippen LogP contribution < -0.4 is 4.90 Å². The first kappa shape index (κ1) is 14.8. The van der Waals surface area contributed by atoms with E-state index >= 15 is 0 Å². The van der Waals surface area contributed by atoms with Crippen molar-refractivity contribution in [2.75, 3.05) is 25.2 Å². The summed E-state index contributed by atoms with van der Waals surface area (Å²) in [7, 11) is 1.77. The molecular weight excluding hydrogens is 330 g/mol. The van der Waals surface area contributed by atoms with E-state index in [2.05, 4.69) is 15.9 Å². The lowest BCUT2D eigenvalue weighted by Gasteiger charge is -2.25. The quantitative estimate of drug-likeness (QED) is 0.831. The van der Waals surface area contributed by atoms with Crippen molar-refractivity contribution in [3.05, 3.63) is 27.7 Å². The van der Waals surface area contributed by atoms with Gasteiger partial charge in [-0.05, 0) is 37.0 Å². The fraction of sp³-hybridized carbons (Fsp3) is 0.500. The molecule has 1 aliphatic heterocycles. The zero-order valence-electron chi connectivity index (χ0n) is 10.9. The summed E-state index contributed by atoms with van der Waals surface area (Å²) in [6, 6.07) is 5.53. The number of ether oxygens (including phenoxy) is 1. The van der Waals surface area contributed by atoms with Crippen LogP contribution in [-0.4, -0.2) is 26.2 Å². The normalized spacial score (nSPS) is 19.2. The number of carbonyl (C=O) groups excluding carboxylic acids is 1. The molecule has 0 aliphatic carbocycles. The maximum atomic E-state index is 12.2. The van der Waals surface area contributed by atoms with E-state index < -0.39 is 0 Å². The van der Waals surface area contributed by atoms with Crippen LogP contribution in [0.5, 0.6) is 0 Å². The largest absolute Gasteiger partial charge is 0.381 e. The van der Waals surface area contributed by atoms with Crippen LogP contribution in [0.15, 0.2) is 22.7 Å². The smallest absolute Gasteiger partial charge is 0.227 e. The third-order valence-corrected chi connectivity index (χ3v) is 4.16. The first-order valence-corrected chi connectivity index (χ1v) is 7.54. The van der Waals surface area contributed by atoms with Gasteiger partial charge in [0.15, 0.2) is 0 Å². The van der Waals surface area contributed by atoms with E-state index in [1.54, 1.807) is 18.0 Å². The molecule has 1 aliphatic rings. The monoisotopic (exact) mass is 345 g/mol. The fourth-order valence-electron chi connectivity index (χ4n) is 2.24. The Balaban J connectivity index is 2.01. The standard InChI is InChI=1S/C14H17BrClNO2/c1-17(13-5-4-11(15)8-12(13)16)14(18)7-10-3-2-6-19-9-10/h4-5,8,10H,2-3,6-7,9H2,1H3/t10-/m1/s1. The van der Waals surface area contributed by atoms with Crippen LogP contribution in [0.3, 0.4) is 0 Å². The summed E-state index contributed by atoms with van der Waals surface area (Å²) in [6.07, 6.45) is 2.62. The van der Waals surface area contributed by atoms with Gasteiger partial charge in [-0.25, -0.2) is 0 Å². The number of benzene rings is 1. The van der Waals surface area contributed by atoms with Crippen molar-refractivity contribution < 1.29 is 9.53 Å². The van der Waals surface area contributed by atoms with Crippen molar-refractivity contribution >= 4 is 39.1 Å². The van der Waals surface area contributed by atoms with Crippen LogP contribution >= 0.6 is 27.5 Å². The van der Waals surface area contributed by atoms with Gasteiger partial charge in [-0.2, -0.15) is 0 Å². The molecule has 2 rings (SSSR count). The molecule has 0 bridgehead atoms. The summed E-state index contributed by atoms with van der Waals surface area (Å²) in [5, 5.41) is 0.574. The summed E-state index contributed by atoms with van der Waals surface area (Å²) < 4.78 is 6.31. The molecule has 0 N–H and O–H groups in total. The first-order valence-electron chi connectivity index (χ1n) is 6.37. The predicted molar refractivity (Wildman–Crippen MR) is 80.7 cm³/mol. The minimum absolute atomic E-state index is 0.0831. The van der Waals surface area contributed by atoms with Gasteiger partial charge >= 0.3 is 0 Å². The third kappa shape index (κ3) is 3.94. The Morgan fingerprint density at radius 3 is 3.00 bits per heavy atom. The van der Waals surface area contributed by atoms with Gasteiger partial charge in [0.05, 0.1) is 10.7 Å². The fourth-order valence-corrected chi connectivity index (χ4v) is 3.04. The van der Waals surface area contributed by atoms with Gasteiger partial charge in [-0.3, -0.25) is 4.79 Å². The number of rotatable bonds is 3. The number of carbonyl (C=O) groups is 1. The van der Waals surface area contributed by atoms with E-state index in [1.165, 1.54) is 0 Å². The highest BCUT2D eigenvalue weighted by Gasteiger charge is 2.21. The van der Waals surface area contributed by atoms with E-state index in [-0.39, 0.29) is 5.91 Å². The first-order chi connectivity index (χ1) is 9.08. The molecule has 19 heavy (non-hydrogen) atoms. The molecule has 0 saturated carbocycles. The Bertz CT molecular complexity index is 461. The van der Waals surface area contributed by atoms with Crippen molar-refractivity contribution in [2.45, 2.75) is 19.3 Å². The Kier molecular flexibility index (Phi) is 5.25. The molecular formula is C14H17BrClNO2. The van der Waals surface area contributed by atoms with Crippen LogP contribution in [0.25, 0.3) is 0 Å². The van der Waals surface area contributed by atoms with Crippen molar-refractivity contribution in [3.8, 4) is 0 Å². The average Bonchev–Trinajstić information content (AvgIpc) is 2.39. The van der Waals surface area contributed by atoms with Gasteiger partial charge in [0, 0.05) is 31.2 Å². The van der Waals surface area contributed by atoms with Crippen molar-refractivity contribution in [2.24, 2.45) is 5.92 Å². The van der Waals surface area contributed by atoms with Gasteiger partial charge in [-0.1, -0.05) is 27.5 Å². The Labute approximate surface area is 127 Å². The van der Waals surface area contributed by atoms with Crippen LogP contribution in [0, 0.1) is 5.92 Å². The third-order valence-electron chi connectivity index (χ3n) is 3.36. The summed E-state index contributed by atoms with van der Waals surface area (Å²) in [6.45, 7) is 1.51. The van der Waals surface area contributed by atoms with E-state index in [9.17, 15) is 4.79 Å². The topological polar surface area (TPSA) is 29.5 Å². The zero-order chi connectivity index (χ0) is 13.8. The maximum Gasteiger partial charge on any atom is 0.227 e. The lowest BCUT2D eigenvalue weighted by Crippen LogP contribution is -2.30. The summed E-state index contributed by atoms with van der Waals surface area (Å²) in [5.74, 6) is 0.414. The SMILES string of the molecule is CN(C(=O)C[C@H]1CCCOC1)c1ccc(Br)cc1Cl. The molecule has 0 aromatic heterocycles. The second-order valence-corrected chi connectivity index (χ2v) is 6.16. The molecule has 1 aromatic rings. The van der Waals surface area contributed by atoms with Gasteiger partial charge < -0.3 is 9.64 Å². The number of hydrogen-bond acceptors (Lipinski definition) is 2. The zero-order valence-corrected chi connectivity index (χ0v) is 13.2. The highest BCUT2D eigenvalue weighted by molar-refractivity contribution is 9.10. The molecule has 0 radical (unpaired) electrons. The Hall–Kier alpha value is -0.580. The van der Waals surface area contributed by atoms with Gasteiger partial charge in [0.1, 0.15) is 0 Å². The molecule has 1 saturated heterocycles. The Morgan fingerprint density at radius 2 is 2.37 bits per heavy atom. The van der Waals surface area contributed by atoms with Crippen LogP contribution in [0.4, 0.5) is 5.69 Å². The van der Waals surface area contributed by atoms with Gasteiger partial charge in [0.2, 0.25) is 5.91 Å². The predicted octanol–water partition coefficient (Wildman–Crippen LogP) is 3.88. The number of nitrogens with zero attached hydrogens (tertiary/aromatic N) is 1.